The zero-order valence-electron chi connectivity index (χ0n) is 17.0. The number of rotatable bonds is 7. The molecule has 3 heterocycles. The first-order valence-corrected chi connectivity index (χ1v) is 10.3. The van der Waals surface area contributed by atoms with E-state index < -0.39 is 0 Å². The lowest BCUT2D eigenvalue weighted by Crippen LogP contribution is -2.16. The maximum absolute atomic E-state index is 12.2. The number of fused-ring (bicyclic) bond motifs is 1. The molecule has 0 spiro atoms. The summed E-state index contributed by atoms with van der Waals surface area (Å²) in [4.78, 5) is 29.4. The van der Waals surface area contributed by atoms with E-state index in [1.54, 1.807) is 4.40 Å². The van der Waals surface area contributed by atoms with E-state index in [2.05, 4.69) is 23.9 Å². The number of hydrogen-bond donors (Lipinski definition) is 0. The molecule has 0 aliphatic heterocycles. The number of carbonyl (C=O) groups is 1. The average Bonchev–Trinajstić information content (AvgIpc) is 3.11. The Balaban J connectivity index is 1.60. The van der Waals surface area contributed by atoms with Crippen molar-refractivity contribution in [1.82, 2.24) is 19.2 Å². The van der Waals surface area contributed by atoms with Crippen LogP contribution in [-0.2, 0) is 29.1 Å². The highest BCUT2D eigenvalue weighted by Crippen LogP contribution is 2.17. The number of esters is 1. The molecule has 0 atom stereocenters. The van der Waals surface area contributed by atoms with Crippen LogP contribution in [0.4, 0.5) is 0 Å². The fourth-order valence-corrected chi connectivity index (χ4v) is 4.14. The molecule has 0 unspecified atom stereocenters. The highest BCUT2D eigenvalue weighted by atomic mass is 32.1. The Morgan fingerprint density at radius 3 is 2.75 bits per heavy atom. The molecule has 0 saturated carbocycles. The molecule has 3 aromatic heterocycles. The summed E-state index contributed by atoms with van der Waals surface area (Å²) in [5.74, 6) is 0.205. The van der Waals surface area contributed by atoms with E-state index in [4.69, 9.17) is 4.74 Å². The number of thiazole rings is 1. The summed E-state index contributed by atoms with van der Waals surface area (Å²) in [6.45, 7) is 11.1. The van der Waals surface area contributed by atoms with Gasteiger partial charge in [0.1, 0.15) is 6.61 Å². The Bertz CT molecular complexity index is 1060. The molecule has 0 saturated heterocycles. The van der Waals surface area contributed by atoms with E-state index in [1.165, 1.54) is 17.4 Å². The van der Waals surface area contributed by atoms with Gasteiger partial charge in [-0.1, -0.05) is 13.8 Å². The summed E-state index contributed by atoms with van der Waals surface area (Å²) in [5.41, 5.74) is 4.33. The summed E-state index contributed by atoms with van der Waals surface area (Å²) in [6.07, 6.45) is 0.863. The van der Waals surface area contributed by atoms with Gasteiger partial charge < -0.3 is 4.74 Å². The van der Waals surface area contributed by atoms with Crippen molar-refractivity contribution in [2.45, 2.75) is 60.6 Å². The molecule has 28 heavy (non-hydrogen) atoms. The smallest absolute Gasteiger partial charge is 0.306 e. The third kappa shape index (κ3) is 4.32. The van der Waals surface area contributed by atoms with Crippen LogP contribution in [0.1, 0.15) is 48.6 Å². The van der Waals surface area contributed by atoms with Crippen molar-refractivity contribution < 1.29 is 9.53 Å². The first-order valence-electron chi connectivity index (χ1n) is 9.41. The highest BCUT2D eigenvalue weighted by molar-refractivity contribution is 7.15. The number of nitrogens with zero attached hydrogens (tertiary/aromatic N) is 4. The Kier molecular flexibility index (Phi) is 5.98. The van der Waals surface area contributed by atoms with Crippen molar-refractivity contribution >= 4 is 22.3 Å². The molecule has 0 N–H and O–H groups in total. The van der Waals surface area contributed by atoms with E-state index in [0.717, 1.165) is 29.2 Å². The second-order valence-electron chi connectivity index (χ2n) is 7.47. The first-order chi connectivity index (χ1) is 13.3. The van der Waals surface area contributed by atoms with Crippen molar-refractivity contribution in [1.29, 1.82) is 0 Å². The van der Waals surface area contributed by atoms with Gasteiger partial charge in [0, 0.05) is 35.8 Å². The summed E-state index contributed by atoms with van der Waals surface area (Å²) in [7, 11) is 0. The zero-order valence-corrected chi connectivity index (χ0v) is 17.8. The Labute approximate surface area is 168 Å². The van der Waals surface area contributed by atoms with Crippen molar-refractivity contribution in [3.8, 4) is 0 Å². The van der Waals surface area contributed by atoms with Gasteiger partial charge in [-0.15, -0.1) is 11.3 Å². The zero-order chi connectivity index (χ0) is 20.4. The van der Waals surface area contributed by atoms with Crippen LogP contribution in [-0.4, -0.2) is 25.1 Å². The number of aromatic nitrogens is 4. The van der Waals surface area contributed by atoms with Crippen LogP contribution in [0.3, 0.4) is 0 Å². The quantitative estimate of drug-likeness (QED) is 0.567. The number of hydrogen-bond acceptors (Lipinski definition) is 6. The minimum atomic E-state index is -0.306. The lowest BCUT2D eigenvalue weighted by Gasteiger charge is -2.08. The molecule has 0 bridgehead atoms. The van der Waals surface area contributed by atoms with Crippen LogP contribution in [0.15, 0.2) is 16.2 Å². The van der Waals surface area contributed by atoms with Gasteiger partial charge in [-0.25, -0.2) is 4.98 Å². The lowest BCUT2D eigenvalue weighted by atomic mass is 10.1. The number of carbonyl (C=O) groups excluding carboxylic acids is 1. The monoisotopic (exact) mass is 402 g/mol. The second kappa shape index (κ2) is 8.26. The molecular formula is C20H26N4O3S. The summed E-state index contributed by atoms with van der Waals surface area (Å²) in [5, 5.41) is 6.46. The van der Waals surface area contributed by atoms with E-state index in [-0.39, 0.29) is 24.6 Å². The summed E-state index contributed by atoms with van der Waals surface area (Å²) < 4.78 is 8.90. The molecular weight excluding hydrogens is 376 g/mol. The largest absolute Gasteiger partial charge is 0.459 e. The van der Waals surface area contributed by atoms with Gasteiger partial charge in [-0.3, -0.25) is 18.7 Å². The Morgan fingerprint density at radius 1 is 1.29 bits per heavy atom. The number of ether oxygens (including phenoxy) is 1. The molecule has 0 aliphatic rings. The van der Waals surface area contributed by atoms with Crippen LogP contribution in [0.5, 0.6) is 0 Å². The van der Waals surface area contributed by atoms with Gasteiger partial charge >= 0.3 is 5.97 Å². The molecule has 3 aromatic rings. The molecule has 0 amide bonds. The number of aryl methyl sites for hydroxylation is 2. The first kappa shape index (κ1) is 20.3. The Morgan fingerprint density at radius 2 is 2.04 bits per heavy atom. The van der Waals surface area contributed by atoms with Gasteiger partial charge in [0.05, 0.1) is 11.4 Å². The fraction of sp³-hybridized carbons (Fsp3) is 0.500. The molecule has 7 nitrogen and oxygen atoms in total. The predicted molar refractivity (Wildman–Crippen MR) is 109 cm³/mol. The normalized spacial score (nSPS) is 11.5. The standard InChI is InChI=1S/C20H26N4O3S/c1-12(2)9-23-15(5)17(14(4)22-23)6-7-19(26)27-10-16-8-18(25)24-13(3)11-28-20(24)21-16/h8,11-12H,6-7,9-10H2,1-5H3. The van der Waals surface area contributed by atoms with Gasteiger partial charge in [0.15, 0.2) is 4.96 Å². The van der Waals surface area contributed by atoms with Crippen LogP contribution in [0, 0.1) is 26.7 Å². The minimum Gasteiger partial charge on any atom is -0.459 e. The minimum absolute atomic E-state index is 0.00605. The van der Waals surface area contributed by atoms with Gasteiger partial charge in [-0.05, 0) is 38.7 Å². The van der Waals surface area contributed by atoms with Crippen LogP contribution in [0.25, 0.3) is 4.96 Å². The van der Waals surface area contributed by atoms with E-state index >= 15 is 0 Å². The van der Waals surface area contributed by atoms with Crippen molar-refractivity contribution in [3.05, 3.63) is 50.1 Å². The molecule has 8 heteroatoms. The Hall–Kier alpha value is -2.48. The van der Waals surface area contributed by atoms with E-state index in [9.17, 15) is 9.59 Å². The maximum atomic E-state index is 12.2. The van der Waals surface area contributed by atoms with Crippen molar-refractivity contribution in [3.63, 3.8) is 0 Å². The fourth-order valence-electron chi connectivity index (χ4n) is 3.25. The third-order valence-electron chi connectivity index (χ3n) is 4.66. The van der Waals surface area contributed by atoms with Crippen molar-refractivity contribution in [2.24, 2.45) is 5.92 Å². The average molecular weight is 403 g/mol. The van der Waals surface area contributed by atoms with E-state index in [1.807, 2.05) is 30.8 Å². The van der Waals surface area contributed by atoms with Gasteiger partial charge in [0.25, 0.3) is 5.56 Å². The molecule has 0 fully saturated rings. The molecule has 0 aliphatic carbocycles. The molecule has 3 rings (SSSR count). The topological polar surface area (TPSA) is 78.5 Å². The highest BCUT2D eigenvalue weighted by Gasteiger charge is 2.15. The summed E-state index contributed by atoms with van der Waals surface area (Å²) in [6, 6.07) is 1.42. The van der Waals surface area contributed by atoms with Crippen LogP contribution < -0.4 is 5.56 Å². The molecule has 0 aromatic carbocycles. The van der Waals surface area contributed by atoms with Crippen LogP contribution in [0.2, 0.25) is 0 Å². The predicted octanol–water partition coefficient (Wildman–Crippen LogP) is 3.21. The van der Waals surface area contributed by atoms with Gasteiger partial charge in [-0.2, -0.15) is 5.10 Å². The van der Waals surface area contributed by atoms with Crippen molar-refractivity contribution in [2.75, 3.05) is 0 Å². The van der Waals surface area contributed by atoms with Gasteiger partial charge in [0.2, 0.25) is 0 Å². The molecule has 150 valence electrons. The van der Waals surface area contributed by atoms with Crippen LogP contribution >= 0.6 is 11.3 Å². The third-order valence-corrected chi connectivity index (χ3v) is 5.60. The van der Waals surface area contributed by atoms with E-state index in [0.29, 0.717) is 23.0 Å². The lowest BCUT2D eigenvalue weighted by molar-refractivity contribution is -0.145. The SMILES string of the molecule is Cc1nn(CC(C)C)c(C)c1CCC(=O)OCc1cc(=O)n2c(C)csc2n1. The maximum Gasteiger partial charge on any atom is 0.306 e. The molecule has 0 radical (unpaired) electrons. The second-order valence-corrected chi connectivity index (χ2v) is 8.30. The summed E-state index contributed by atoms with van der Waals surface area (Å²) >= 11 is 1.40.